The number of hydrogen-bond acceptors (Lipinski definition) is 4. The molecule has 0 spiro atoms. The molecule has 2 aliphatic rings. The minimum atomic E-state index is -0.350. The molecule has 0 amide bonds. The summed E-state index contributed by atoms with van der Waals surface area (Å²) in [6, 6.07) is 17.2. The van der Waals surface area contributed by atoms with Crippen molar-refractivity contribution in [1.29, 1.82) is 5.26 Å². The Bertz CT molecular complexity index is 1100. The van der Waals surface area contributed by atoms with E-state index in [-0.39, 0.29) is 23.8 Å². The minimum Gasteiger partial charge on any atom is -0.365 e. The molecule has 0 aliphatic carbocycles. The molecular weight excluding hydrogens is 365 g/mol. The van der Waals surface area contributed by atoms with Crippen LogP contribution in [-0.2, 0) is 0 Å². The standard InChI is InChI=1S/C23H22FN5/c1-14-17-4-2-3-5-18(17)22-11-16(27-23-20(24)13-26-28-23)8-9-29(22)21-7-6-15(12-25)10-19(14)21/h2-7,10,13-14,16,22H,8-9,11H2,1H3,(H2,26,27,28)/t14-,16?,22-/m0/s1. The smallest absolute Gasteiger partial charge is 0.184 e. The zero-order chi connectivity index (χ0) is 20.0. The predicted molar refractivity (Wildman–Crippen MR) is 110 cm³/mol. The third-order valence-corrected chi connectivity index (χ3v) is 6.30. The Morgan fingerprint density at radius 3 is 2.79 bits per heavy atom. The van der Waals surface area contributed by atoms with Crippen LogP contribution in [0.3, 0.4) is 0 Å². The van der Waals surface area contributed by atoms with Gasteiger partial charge in [-0.3, -0.25) is 5.10 Å². The zero-order valence-electron chi connectivity index (χ0n) is 16.2. The van der Waals surface area contributed by atoms with Crippen molar-refractivity contribution in [3.63, 3.8) is 0 Å². The van der Waals surface area contributed by atoms with Crippen LogP contribution in [0.2, 0.25) is 0 Å². The normalized spacial score (nSPS) is 22.7. The summed E-state index contributed by atoms with van der Waals surface area (Å²) in [5, 5.41) is 19.2. The molecule has 2 N–H and O–H groups in total. The van der Waals surface area contributed by atoms with Gasteiger partial charge in [-0.05, 0) is 47.7 Å². The second kappa shape index (κ2) is 6.93. The van der Waals surface area contributed by atoms with Crippen molar-refractivity contribution in [3.8, 4) is 6.07 Å². The van der Waals surface area contributed by atoms with Crippen molar-refractivity contribution in [2.45, 2.75) is 37.8 Å². The topological polar surface area (TPSA) is 67.7 Å². The van der Waals surface area contributed by atoms with Crippen LogP contribution < -0.4 is 10.2 Å². The Hall–Kier alpha value is -3.33. The number of aromatic amines is 1. The minimum absolute atomic E-state index is 0.148. The van der Waals surface area contributed by atoms with Crippen molar-refractivity contribution in [2.24, 2.45) is 0 Å². The van der Waals surface area contributed by atoms with E-state index in [0.29, 0.717) is 11.4 Å². The molecule has 6 heteroatoms. The van der Waals surface area contributed by atoms with E-state index >= 15 is 0 Å². The van der Waals surface area contributed by atoms with Gasteiger partial charge < -0.3 is 10.2 Å². The highest BCUT2D eigenvalue weighted by Crippen LogP contribution is 2.46. The Labute approximate surface area is 169 Å². The van der Waals surface area contributed by atoms with Gasteiger partial charge in [-0.1, -0.05) is 31.2 Å². The van der Waals surface area contributed by atoms with Crippen LogP contribution in [0.25, 0.3) is 0 Å². The fraction of sp³-hybridized carbons (Fsp3) is 0.304. The van der Waals surface area contributed by atoms with E-state index in [1.54, 1.807) is 0 Å². The summed E-state index contributed by atoms with van der Waals surface area (Å²) in [5.74, 6) is 0.214. The molecule has 29 heavy (non-hydrogen) atoms. The highest BCUT2D eigenvalue weighted by atomic mass is 19.1. The molecule has 1 unspecified atom stereocenters. The van der Waals surface area contributed by atoms with E-state index in [0.717, 1.165) is 19.4 Å². The van der Waals surface area contributed by atoms with Gasteiger partial charge in [0.25, 0.3) is 0 Å². The van der Waals surface area contributed by atoms with Crippen LogP contribution in [0.5, 0.6) is 0 Å². The van der Waals surface area contributed by atoms with Crippen LogP contribution in [0, 0.1) is 17.1 Å². The first-order chi connectivity index (χ1) is 14.2. The molecule has 2 aromatic carbocycles. The van der Waals surface area contributed by atoms with Gasteiger partial charge in [0.15, 0.2) is 11.6 Å². The lowest BCUT2D eigenvalue weighted by Crippen LogP contribution is -2.41. The second-order valence-electron chi connectivity index (χ2n) is 7.90. The van der Waals surface area contributed by atoms with Gasteiger partial charge >= 0.3 is 0 Å². The first-order valence-corrected chi connectivity index (χ1v) is 10.0. The van der Waals surface area contributed by atoms with Crippen LogP contribution in [0.1, 0.15) is 54.0 Å². The van der Waals surface area contributed by atoms with E-state index in [4.69, 9.17) is 0 Å². The summed E-state index contributed by atoms with van der Waals surface area (Å²) in [5.41, 5.74) is 5.70. The number of hydrogen-bond donors (Lipinski definition) is 2. The van der Waals surface area contributed by atoms with E-state index < -0.39 is 0 Å². The largest absolute Gasteiger partial charge is 0.365 e. The molecule has 3 aromatic rings. The molecule has 1 fully saturated rings. The molecule has 0 radical (unpaired) electrons. The monoisotopic (exact) mass is 387 g/mol. The first kappa shape index (κ1) is 17.7. The average Bonchev–Trinajstić information content (AvgIpc) is 3.13. The molecule has 1 saturated heterocycles. The number of fused-ring (bicyclic) bond motifs is 5. The van der Waals surface area contributed by atoms with E-state index in [9.17, 15) is 9.65 Å². The molecule has 0 saturated carbocycles. The van der Waals surface area contributed by atoms with Crippen molar-refractivity contribution >= 4 is 11.5 Å². The molecular formula is C23H22FN5. The average molecular weight is 387 g/mol. The van der Waals surface area contributed by atoms with E-state index in [1.807, 2.05) is 12.1 Å². The van der Waals surface area contributed by atoms with Crippen LogP contribution in [0.15, 0.2) is 48.7 Å². The second-order valence-corrected chi connectivity index (χ2v) is 7.90. The van der Waals surface area contributed by atoms with Gasteiger partial charge in [0.1, 0.15) is 0 Å². The van der Waals surface area contributed by atoms with Crippen LogP contribution >= 0.6 is 0 Å². The first-order valence-electron chi connectivity index (χ1n) is 10.0. The van der Waals surface area contributed by atoms with Gasteiger partial charge in [0, 0.05) is 24.2 Å². The quantitative estimate of drug-likeness (QED) is 0.668. The predicted octanol–water partition coefficient (Wildman–Crippen LogP) is 4.71. The number of anilines is 2. The van der Waals surface area contributed by atoms with Crippen molar-refractivity contribution in [2.75, 3.05) is 16.8 Å². The molecule has 146 valence electrons. The molecule has 3 heterocycles. The van der Waals surface area contributed by atoms with Crippen molar-refractivity contribution in [1.82, 2.24) is 10.2 Å². The maximum Gasteiger partial charge on any atom is 0.184 e. The summed E-state index contributed by atoms with van der Waals surface area (Å²) in [4.78, 5) is 2.46. The summed E-state index contributed by atoms with van der Waals surface area (Å²) in [6.07, 6.45) is 2.95. The number of halogens is 1. The fourth-order valence-corrected chi connectivity index (χ4v) is 4.87. The third-order valence-electron chi connectivity index (χ3n) is 6.30. The van der Waals surface area contributed by atoms with Gasteiger partial charge in [-0.25, -0.2) is 4.39 Å². The number of aromatic nitrogens is 2. The Morgan fingerprint density at radius 1 is 1.21 bits per heavy atom. The van der Waals surface area contributed by atoms with E-state index in [2.05, 4.69) is 63.7 Å². The number of rotatable bonds is 2. The summed E-state index contributed by atoms with van der Waals surface area (Å²) in [7, 11) is 0. The maximum absolute atomic E-state index is 13.9. The van der Waals surface area contributed by atoms with Gasteiger partial charge in [-0.15, -0.1) is 0 Å². The van der Waals surface area contributed by atoms with Gasteiger partial charge in [0.05, 0.1) is 23.9 Å². The summed E-state index contributed by atoms with van der Waals surface area (Å²) >= 11 is 0. The lowest BCUT2D eigenvalue weighted by atomic mass is 9.86. The molecule has 1 aromatic heterocycles. The van der Waals surface area contributed by atoms with Crippen molar-refractivity contribution < 1.29 is 4.39 Å². The molecule has 5 rings (SSSR count). The Morgan fingerprint density at radius 2 is 2.03 bits per heavy atom. The van der Waals surface area contributed by atoms with Gasteiger partial charge in [0.2, 0.25) is 0 Å². The Kier molecular flexibility index (Phi) is 4.24. The summed E-state index contributed by atoms with van der Waals surface area (Å²) in [6.45, 7) is 3.07. The van der Waals surface area contributed by atoms with E-state index in [1.165, 1.54) is 28.6 Å². The highest BCUT2D eigenvalue weighted by Gasteiger charge is 2.36. The summed E-state index contributed by atoms with van der Waals surface area (Å²) < 4.78 is 13.9. The zero-order valence-corrected chi connectivity index (χ0v) is 16.2. The number of H-pyrrole nitrogens is 1. The molecule has 3 atom stereocenters. The lowest BCUT2D eigenvalue weighted by Gasteiger charge is -2.41. The maximum atomic E-state index is 13.9. The fourth-order valence-electron chi connectivity index (χ4n) is 4.87. The number of nitrogens with one attached hydrogen (secondary N) is 2. The number of nitrogens with zero attached hydrogens (tertiary/aromatic N) is 3. The molecule has 2 aliphatic heterocycles. The van der Waals surface area contributed by atoms with Crippen LogP contribution in [-0.4, -0.2) is 22.8 Å². The van der Waals surface area contributed by atoms with Gasteiger partial charge in [-0.2, -0.15) is 10.4 Å². The van der Waals surface area contributed by atoms with Crippen molar-refractivity contribution in [3.05, 3.63) is 76.7 Å². The van der Waals surface area contributed by atoms with Crippen LogP contribution in [0.4, 0.5) is 15.9 Å². The molecule has 0 bridgehead atoms. The molecule has 5 nitrogen and oxygen atoms in total. The number of piperidine rings is 1. The SMILES string of the molecule is C[C@H]1c2ccccc2[C@@H]2CC(Nc3[nH]ncc3F)CCN2c2ccc(C#N)cc21. The lowest BCUT2D eigenvalue weighted by molar-refractivity contribution is 0.436. The number of nitriles is 1. The highest BCUT2D eigenvalue weighted by molar-refractivity contribution is 5.64. The number of benzene rings is 2. The third kappa shape index (κ3) is 2.94. The Balaban J connectivity index is 1.56.